The fourth-order valence-corrected chi connectivity index (χ4v) is 4.85. The third kappa shape index (κ3) is 7.35. The van der Waals surface area contributed by atoms with Crippen molar-refractivity contribution in [3.63, 3.8) is 0 Å². The SMILES string of the molecule is COc1ccc(-c2cc(C(F)(F)C(F)(F)C(F)(F)C(F)(F)C(F)(F)C(F)(F)C(F)(F)C(F)(F)F)cc(C(F)(F)C(F)(F)C(F)(F)C(F)(F)C(F)(F)C(F)(F)C(F)(F)C(F)(F)F)c2)cc1C=O. The van der Waals surface area contributed by atoms with Crippen LogP contribution in [0.4, 0.5) is 149 Å². The first-order valence-corrected chi connectivity index (χ1v) is 15.3. The molecule has 0 N–H and O–H groups in total. The minimum atomic E-state index is -9.44. The molecule has 36 heteroatoms. The molecule has 0 atom stereocenters. The highest BCUT2D eigenvalue weighted by atomic mass is 19.4. The van der Waals surface area contributed by atoms with Crippen LogP contribution in [0.3, 0.4) is 0 Å². The van der Waals surface area contributed by atoms with Gasteiger partial charge < -0.3 is 4.74 Å². The number of ether oxygens (including phenoxy) is 1. The van der Waals surface area contributed by atoms with E-state index in [1.807, 2.05) is 0 Å². The summed E-state index contributed by atoms with van der Waals surface area (Å²) in [4.78, 5) is 11.4. The molecule has 2 aromatic rings. The van der Waals surface area contributed by atoms with E-state index in [1.54, 1.807) is 0 Å². The lowest BCUT2D eigenvalue weighted by molar-refractivity contribution is -0.463. The van der Waals surface area contributed by atoms with Gasteiger partial charge in [-0.1, -0.05) is 6.07 Å². The zero-order valence-electron chi connectivity index (χ0n) is 29.7. The highest BCUT2D eigenvalue weighted by molar-refractivity contribution is 5.83. The van der Waals surface area contributed by atoms with Gasteiger partial charge in [0.1, 0.15) is 5.75 Å². The van der Waals surface area contributed by atoms with Gasteiger partial charge in [0.25, 0.3) is 0 Å². The normalized spacial score (nSPS) is 15.9. The summed E-state index contributed by atoms with van der Waals surface area (Å²) in [6, 6.07) is -4.60. The molecule has 0 saturated heterocycles. The van der Waals surface area contributed by atoms with E-state index in [-0.39, 0.29) is 18.2 Å². The van der Waals surface area contributed by atoms with Crippen LogP contribution in [-0.2, 0) is 11.8 Å². The van der Waals surface area contributed by atoms with Crippen LogP contribution >= 0.6 is 0 Å². The lowest BCUT2D eigenvalue weighted by atomic mass is 9.83. The van der Waals surface area contributed by atoms with E-state index in [1.165, 1.54) is 0 Å². The summed E-state index contributed by atoms with van der Waals surface area (Å²) in [5.41, 5.74) is -13.2. The molecule has 0 aromatic heterocycles. The second kappa shape index (κ2) is 15.5. The van der Waals surface area contributed by atoms with Crippen LogP contribution in [0.5, 0.6) is 5.75 Å². The Morgan fingerprint density at radius 3 is 0.833 bits per heavy atom. The number of alkyl halides is 34. The molecule has 0 aliphatic heterocycles. The molecule has 0 aliphatic rings. The predicted molar refractivity (Wildman–Crippen MR) is 143 cm³/mol. The van der Waals surface area contributed by atoms with E-state index in [0.29, 0.717) is 7.11 Å². The molecule has 0 spiro atoms. The average Bonchev–Trinajstić information content (AvgIpc) is 3.15. The highest BCUT2D eigenvalue weighted by Gasteiger charge is 2.97. The Morgan fingerprint density at radius 2 is 0.591 bits per heavy atom. The van der Waals surface area contributed by atoms with Gasteiger partial charge in [-0.15, -0.1) is 0 Å². The highest BCUT2D eigenvalue weighted by Crippen LogP contribution is 2.68. The van der Waals surface area contributed by atoms with Crippen LogP contribution in [0.15, 0.2) is 36.4 Å². The first-order chi connectivity index (χ1) is 28.6. The van der Waals surface area contributed by atoms with Crippen LogP contribution < -0.4 is 4.74 Å². The van der Waals surface area contributed by atoms with Crippen LogP contribution in [0.2, 0.25) is 0 Å². The number of methoxy groups -OCH3 is 1. The monoisotopic (exact) mass is 1050 g/mol. The largest absolute Gasteiger partial charge is 0.496 e. The van der Waals surface area contributed by atoms with Crippen molar-refractivity contribution in [2.45, 2.75) is 95.3 Å². The van der Waals surface area contributed by atoms with E-state index in [4.69, 9.17) is 0 Å². The van der Waals surface area contributed by atoms with Gasteiger partial charge in [0, 0.05) is 11.1 Å². The Labute approximate surface area is 338 Å². The molecule has 0 unspecified atom stereocenters. The van der Waals surface area contributed by atoms with Gasteiger partial charge in [-0.2, -0.15) is 149 Å². The van der Waals surface area contributed by atoms with Gasteiger partial charge in [0.2, 0.25) is 0 Å². The Kier molecular flexibility index (Phi) is 13.6. The van der Waals surface area contributed by atoms with E-state index in [2.05, 4.69) is 4.74 Å². The number of halogens is 34. The molecule has 66 heavy (non-hydrogen) atoms. The van der Waals surface area contributed by atoms with Crippen molar-refractivity contribution in [1.82, 2.24) is 0 Å². The Morgan fingerprint density at radius 1 is 0.333 bits per heavy atom. The third-order valence-electron chi connectivity index (χ3n) is 8.79. The molecule has 0 amide bonds. The van der Waals surface area contributed by atoms with Crippen molar-refractivity contribution in [3.8, 4) is 16.9 Å². The first kappa shape index (κ1) is 57.7. The van der Waals surface area contributed by atoms with Gasteiger partial charge in [0.15, 0.2) is 6.29 Å². The quantitative estimate of drug-likeness (QED) is 0.117. The average molecular weight is 1050 g/mol. The smallest absolute Gasteiger partial charge is 0.460 e. The molecule has 2 nitrogen and oxygen atoms in total. The van der Waals surface area contributed by atoms with Crippen molar-refractivity contribution in [1.29, 1.82) is 0 Å². The number of hydrogen-bond donors (Lipinski definition) is 0. The zero-order chi connectivity index (χ0) is 53.1. The van der Waals surface area contributed by atoms with E-state index in [9.17, 15) is 137 Å². The summed E-state index contributed by atoms with van der Waals surface area (Å²) in [6.45, 7) is 0. The summed E-state index contributed by atoms with van der Waals surface area (Å²) in [6.07, 6.45) is -17.0. The second-order valence-electron chi connectivity index (χ2n) is 12.9. The molecule has 0 fully saturated rings. The van der Waals surface area contributed by atoms with Crippen LogP contribution in [-0.4, -0.2) is 96.8 Å². The number of carbonyl (C=O) groups is 1. The lowest BCUT2D eigenvalue weighted by Crippen LogP contribution is -2.74. The van der Waals surface area contributed by atoms with Gasteiger partial charge in [-0.3, -0.25) is 4.79 Å². The van der Waals surface area contributed by atoms with Crippen molar-refractivity contribution >= 4 is 6.29 Å². The van der Waals surface area contributed by atoms with Crippen molar-refractivity contribution in [3.05, 3.63) is 53.1 Å². The number of benzene rings is 2. The summed E-state index contributed by atoms with van der Waals surface area (Å²) in [5.74, 6) is -127. The molecule has 0 bridgehead atoms. The zero-order valence-corrected chi connectivity index (χ0v) is 29.7. The summed E-state index contributed by atoms with van der Waals surface area (Å²) < 4.78 is 479. The van der Waals surface area contributed by atoms with Gasteiger partial charge in [-0.25, -0.2) is 0 Å². The minimum absolute atomic E-state index is 0.0414. The standard InChI is InChI=1S/C30H10F34O2/c1-66-14-3-2-9(4-11(14)8-65)10-5-12(15(31,32)17(35,36)19(39,40)21(43,44)23(47,48)25(51,52)27(55,56)29(59,60)61)7-13(6-10)16(33,34)18(37,38)20(41,42)22(45,46)24(49,50)26(53,54)28(57,58)30(62,63)64/h2-8H,1H3. The van der Waals surface area contributed by atoms with E-state index < -0.39 is 153 Å². The van der Waals surface area contributed by atoms with Crippen molar-refractivity contribution in [2.24, 2.45) is 0 Å². The predicted octanol–water partition coefficient (Wildman–Crippen LogP) is 14.1. The molecule has 2 aromatic carbocycles. The Balaban J connectivity index is 3.18. The molecular weight excluding hydrogens is 1040 g/mol. The Bertz CT molecular complexity index is 2010. The maximum Gasteiger partial charge on any atom is 0.460 e. The van der Waals surface area contributed by atoms with Crippen LogP contribution in [0, 0.1) is 0 Å². The van der Waals surface area contributed by atoms with Crippen molar-refractivity contribution in [2.75, 3.05) is 7.11 Å². The second-order valence-corrected chi connectivity index (χ2v) is 12.9. The molecule has 2 rings (SSSR count). The maximum absolute atomic E-state index is 15.4. The third-order valence-corrected chi connectivity index (χ3v) is 8.79. The number of aldehydes is 1. The molecule has 0 heterocycles. The first-order valence-electron chi connectivity index (χ1n) is 15.3. The summed E-state index contributed by atoms with van der Waals surface area (Å²) in [7, 11) is 0.616. The maximum atomic E-state index is 15.4. The van der Waals surface area contributed by atoms with Gasteiger partial charge >= 0.3 is 95.3 Å². The van der Waals surface area contributed by atoms with E-state index in [0.717, 1.165) is 0 Å². The lowest BCUT2D eigenvalue weighted by Gasteiger charge is -2.43. The minimum Gasteiger partial charge on any atom is -0.496 e. The summed E-state index contributed by atoms with van der Waals surface area (Å²) in [5, 5.41) is 0. The molecular formula is C30H10F34O2. The molecule has 0 radical (unpaired) electrons. The van der Waals surface area contributed by atoms with Crippen LogP contribution in [0.1, 0.15) is 21.5 Å². The fourth-order valence-electron chi connectivity index (χ4n) is 4.85. The summed E-state index contributed by atoms with van der Waals surface area (Å²) >= 11 is 0. The number of carbonyl (C=O) groups excluding carboxylic acids is 1. The van der Waals surface area contributed by atoms with Crippen LogP contribution in [0.25, 0.3) is 11.1 Å². The molecule has 0 aliphatic carbocycles. The fraction of sp³-hybridized carbons (Fsp3) is 0.567. The Hall–Kier alpha value is -4.47. The van der Waals surface area contributed by atoms with Gasteiger partial charge in [0.05, 0.1) is 12.7 Å². The van der Waals surface area contributed by atoms with Crippen molar-refractivity contribution < 1.29 is 159 Å². The van der Waals surface area contributed by atoms with Gasteiger partial charge in [-0.05, 0) is 41.5 Å². The number of rotatable bonds is 17. The topological polar surface area (TPSA) is 26.3 Å². The molecule has 0 saturated carbocycles. The van der Waals surface area contributed by atoms with E-state index >= 15 is 17.6 Å². The molecule has 380 valence electrons. The number of hydrogen-bond acceptors (Lipinski definition) is 2.